The summed E-state index contributed by atoms with van der Waals surface area (Å²) in [5, 5.41) is 9.12. The summed E-state index contributed by atoms with van der Waals surface area (Å²) in [5.41, 5.74) is 2.58. The van der Waals surface area contributed by atoms with Crippen LogP contribution < -0.4 is 0 Å². The summed E-state index contributed by atoms with van der Waals surface area (Å²) in [6, 6.07) is 5.71. The first kappa shape index (κ1) is 14.3. The number of carbonyl (C=O) groups is 2. The molecule has 4 heteroatoms. The van der Waals surface area contributed by atoms with E-state index in [1.54, 1.807) is 0 Å². The van der Waals surface area contributed by atoms with Gasteiger partial charge in [0, 0.05) is 12.0 Å². The summed E-state index contributed by atoms with van der Waals surface area (Å²) in [4.78, 5) is 23.7. The maximum absolute atomic E-state index is 12.6. The molecule has 1 aliphatic carbocycles. The van der Waals surface area contributed by atoms with Crippen molar-refractivity contribution in [3.8, 4) is 0 Å². The number of Topliss-reactive ketones (excluding diaryl/α,β-unsaturated/α-hetero) is 1. The highest BCUT2D eigenvalue weighted by Gasteiger charge is 2.38. The molecule has 0 atom stereocenters. The Hall–Kier alpha value is -1.68. The molecule has 1 fully saturated rings. The van der Waals surface area contributed by atoms with Gasteiger partial charge in [0.05, 0.1) is 19.6 Å². The molecule has 4 nitrogen and oxygen atoms in total. The van der Waals surface area contributed by atoms with Crippen LogP contribution in [0.1, 0.15) is 60.0 Å². The van der Waals surface area contributed by atoms with Crippen molar-refractivity contribution in [1.29, 1.82) is 0 Å². The van der Waals surface area contributed by atoms with Gasteiger partial charge in [-0.25, -0.2) is 0 Å². The van der Waals surface area contributed by atoms with Gasteiger partial charge in [-0.15, -0.1) is 0 Å². The van der Waals surface area contributed by atoms with Crippen molar-refractivity contribution in [3.63, 3.8) is 0 Å². The van der Waals surface area contributed by atoms with Gasteiger partial charge in [0.15, 0.2) is 5.78 Å². The Labute approximate surface area is 124 Å². The van der Waals surface area contributed by atoms with E-state index >= 15 is 0 Å². The number of ketones is 1. The number of aliphatic carboxylic acids is 1. The van der Waals surface area contributed by atoms with Crippen LogP contribution in [0.15, 0.2) is 18.2 Å². The van der Waals surface area contributed by atoms with Crippen LogP contribution in [0.4, 0.5) is 0 Å². The summed E-state index contributed by atoms with van der Waals surface area (Å²) in [6.45, 7) is 1.18. The van der Waals surface area contributed by atoms with Crippen LogP contribution in [0.5, 0.6) is 0 Å². The molecule has 1 heterocycles. The molecule has 1 N–H and O–H groups in total. The van der Waals surface area contributed by atoms with Gasteiger partial charge >= 0.3 is 5.97 Å². The quantitative estimate of drug-likeness (QED) is 0.844. The van der Waals surface area contributed by atoms with Gasteiger partial charge in [0.1, 0.15) is 0 Å². The molecular weight excluding hydrogens is 268 g/mol. The van der Waals surface area contributed by atoms with Crippen molar-refractivity contribution in [1.82, 2.24) is 0 Å². The smallest absolute Gasteiger partial charge is 0.303 e. The van der Waals surface area contributed by atoms with Gasteiger partial charge in [-0.05, 0) is 35.4 Å². The van der Waals surface area contributed by atoms with Gasteiger partial charge in [-0.1, -0.05) is 25.0 Å². The third-order valence-corrected chi connectivity index (χ3v) is 4.77. The second-order valence-corrected chi connectivity index (χ2v) is 6.35. The first-order valence-electron chi connectivity index (χ1n) is 7.53. The van der Waals surface area contributed by atoms with Crippen LogP contribution in [0, 0.1) is 5.41 Å². The van der Waals surface area contributed by atoms with E-state index in [4.69, 9.17) is 9.84 Å². The van der Waals surface area contributed by atoms with E-state index in [2.05, 4.69) is 0 Å². The predicted octanol–water partition coefficient (Wildman–Crippen LogP) is 3.32. The van der Waals surface area contributed by atoms with E-state index < -0.39 is 5.97 Å². The molecule has 21 heavy (non-hydrogen) atoms. The van der Waals surface area contributed by atoms with E-state index in [1.807, 2.05) is 18.2 Å². The van der Waals surface area contributed by atoms with Crippen molar-refractivity contribution >= 4 is 11.8 Å². The Kier molecular flexibility index (Phi) is 3.81. The largest absolute Gasteiger partial charge is 0.481 e. The Balaban J connectivity index is 1.77. The van der Waals surface area contributed by atoms with Gasteiger partial charge in [0.2, 0.25) is 0 Å². The fourth-order valence-corrected chi connectivity index (χ4v) is 3.65. The Bertz CT molecular complexity index is 570. The first-order chi connectivity index (χ1) is 10.1. The second-order valence-electron chi connectivity index (χ2n) is 6.35. The minimum absolute atomic E-state index is 0.0628. The highest BCUT2D eigenvalue weighted by atomic mass is 16.5. The van der Waals surface area contributed by atoms with Gasteiger partial charge in [-0.2, -0.15) is 0 Å². The highest BCUT2D eigenvalue weighted by molar-refractivity contribution is 5.97. The van der Waals surface area contributed by atoms with E-state index in [1.165, 1.54) is 0 Å². The average molecular weight is 288 g/mol. The molecule has 0 bridgehead atoms. The van der Waals surface area contributed by atoms with E-state index in [0.29, 0.717) is 25.2 Å². The fourth-order valence-electron chi connectivity index (χ4n) is 3.65. The van der Waals surface area contributed by atoms with Crippen LogP contribution in [-0.2, 0) is 22.7 Å². The standard InChI is InChI=1S/C17H20O4/c18-15(8-17(9-16(19)20)5-1-2-6-17)12-3-4-13-10-21-11-14(13)7-12/h3-4,7H,1-2,5-6,8-11H2,(H,19,20). The molecule has 0 unspecified atom stereocenters. The Morgan fingerprint density at radius 3 is 2.52 bits per heavy atom. The number of hydrogen-bond donors (Lipinski definition) is 1. The number of carbonyl (C=O) groups excluding carboxylic acids is 1. The first-order valence-corrected chi connectivity index (χ1v) is 7.53. The van der Waals surface area contributed by atoms with E-state index in [0.717, 1.165) is 36.8 Å². The zero-order valence-electron chi connectivity index (χ0n) is 12.1. The minimum atomic E-state index is -0.799. The molecule has 1 aromatic rings. The molecule has 0 aromatic heterocycles. The Morgan fingerprint density at radius 2 is 1.81 bits per heavy atom. The number of rotatable bonds is 5. The van der Waals surface area contributed by atoms with Crippen LogP contribution in [-0.4, -0.2) is 16.9 Å². The summed E-state index contributed by atoms with van der Waals surface area (Å²) in [6.07, 6.45) is 4.20. The van der Waals surface area contributed by atoms with E-state index in [-0.39, 0.29) is 17.6 Å². The molecule has 0 spiro atoms. The zero-order chi connectivity index (χ0) is 14.9. The fraction of sp³-hybridized carbons (Fsp3) is 0.529. The molecule has 0 saturated heterocycles. The van der Waals surface area contributed by atoms with Crippen LogP contribution in [0.25, 0.3) is 0 Å². The lowest BCUT2D eigenvalue weighted by Crippen LogP contribution is -2.24. The molecule has 0 radical (unpaired) electrons. The molecule has 112 valence electrons. The highest BCUT2D eigenvalue weighted by Crippen LogP contribution is 2.44. The molecule has 2 aliphatic rings. The van der Waals surface area contributed by atoms with Gasteiger partial charge in [-0.3, -0.25) is 9.59 Å². The lowest BCUT2D eigenvalue weighted by atomic mass is 9.77. The molecular formula is C17H20O4. The van der Waals surface area contributed by atoms with Crippen LogP contribution in [0.3, 0.4) is 0 Å². The molecule has 1 aromatic carbocycles. The van der Waals surface area contributed by atoms with Gasteiger partial charge < -0.3 is 9.84 Å². The third kappa shape index (κ3) is 3.00. The van der Waals surface area contributed by atoms with Crippen molar-refractivity contribution < 1.29 is 19.4 Å². The van der Waals surface area contributed by atoms with Crippen molar-refractivity contribution in [2.75, 3.05) is 0 Å². The SMILES string of the molecule is O=C(O)CC1(CC(=O)c2ccc3c(c2)COC3)CCCC1. The second kappa shape index (κ2) is 5.60. The number of hydrogen-bond acceptors (Lipinski definition) is 3. The number of benzene rings is 1. The maximum Gasteiger partial charge on any atom is 0.303 e. The number of ether oxygens (including phenoxy) is 1. The Morgan fingerprint density at radius 1 is 1.10 bits per heavy atom. The molecule has 1 aliphatic heterocycles. The average Bonchev–Trinajstić information content (AvgIpc) is 3.06. The maximum atomic E-state index is 12.6. The lowest BCUT2D eigenvalue weighted by Gasteiger charge is -2.26. The van der Waals surface area contributed by atoms with Crippen LogP contribution in [0.2, 0.25) is 0 Å². The zero-order valence-corrected chi connectivity index (χ0v) is 12.1. The van der Waals surface area contributed by atoms with Crippen molar-refractivity contribution in [3.05, 3.63) is 34.9 Å². The summed E-state index contributed by atoms with van der Waals surface area (Å²) in [7, 11) is 0. The normalized spacial score (nSPS) is 19.4. The summed E-state index contributed by atoms with van der Waals surface area (Å²) < 4.78 is 5.37. The molecule has 3 rings (SSSR count). The topological polar surface area (TPSA) is 63.6 Å². The number of carboxylic acids is 1. The summed E-state index contributed by atoms with van der Waals surface area (Å²) >= 11 is 0. The number of fused-ring (bicyclic) bond motifs is 1. The predicted molar refractivity (Wildman–Crippen MR) is 77.0 cm³/mol. The summed E-state index contributed by atoms with van der Waals surface area (Å²) in [5.74, 6) is -0.736. The van der Waals surface area contributed by atoms with Crippen molar-refractivity contribution in [2.24, 2.45) is 5.41 Å². The van der Waals surface area contributed by atoms with Crippen molar-refractivity contribution in [2.45, 2.75) is 51.7 Å². The van der Waals surface area contributed by atoms with Gasteiger partial charge in [0.25, 0.3) is 0 Å². The third-order valence-electron chi connectivity index (χ3n) is 4.77. The lowest BCUT2D eigenvalue weighted by molar-refractivity contribution is -0.139. The van der Waals surface area contributed by atoms with Crippen LogP contribution >= 0.6 is 0 Å². The monoisotopic (exact) mass is 288 g/mol. The number of carboxylic acid groups (broad SMARTS) is 1. The minimum Gasteiger partial charge on any atom is -0.481 e. The van der Waals surface area contributed by atoms with E-state index in [9.17, 15) is 9.59 Å². The molecule has 0 amide bonds. The molecule has 1 saturated carbocycles.